The molecule has 0 aromatic carbocycles. The first kappa shape index (κ1) is 32.2. The van der Waals surface area contributed by atoms with Gasteiger partial charge in [0.1, 0.15) is 6.10 Å². The Kier molecular flexibility index (Phi) is 20.5. The van der Waals surface area contributed by atoms with E-state index >= 15 is 0 Å². The molecular formula is C31H58O4. The number of esters is 1. The molecule has 1 fully saturated rings. The first-order valence-electron chi connectivity index (χ1n) is 15.3. The third-order valence-corrected chi connectivity index (χ3v) is 7.43. The Balaban J connectivity index is 2.30. The van der Waals surface area contributed by atoms with Crippen LogP contribution in [0.2, 0.25) is 0 Å². The smallest absolute Gasteiger partial charge is 0.306 e. The van der Waals surface area contributed by atoms with Crippen molar-refractivity contribution in [2.75, 3.05) is 0 Å². The van der Waals surface area contributed by atoms with Gasteiger partial charge in [-0.2, -0.15) is 0 Å². The Morgan fingerprint density at radius 2 is 1.46 bits per heavy atom. The number of aliphatic hydroxyl groups is 1. The molecule has 0 radical (unpaired) electrons. The van der Waals surface area contributed by atoms with Crippen molar-refractivity contribution in [1.82, 2.24) is 0 Å². The molecule has 4 unspecified atom stereocenters. The van der Waals surface area contributed by atoms with E-state index in [0.29, 0.717) is 12.8 Å². The SMILES string of the molecule is C=CCCCCCCCC(O)C1CC(OC(=O)CCCCCCCCCCC)C(CCCCC)O1. The summed E-state index contributed by atoms with van der Waals surface area (Å²) in [7, 11) is 0. The van der Waals surface area contributed by atoms with Gasteiger partial charge >= 0.3 is 5.97 Å². The van der Waals surface area contributed by atoms with E-state index in [4.69, 9.17) is 9.47 Å². The first-order valence-corrected chi connectivity index (χ1v) is 15.3. The maximum Gasteiger partial charge on any atom is 0.306 e. The number of rotatable bonds is 24. The van der Waals surface area contributed by atoms with Gasteiger partial charge in [0.15, 0.2) is 0 Å². The molecule has 0 saturated carbocycles. The predicted octanol–water partition coefficient (Wildman–Crippen LogP) is 8.83. The van der Waals surface area contributed by atoms with E-state index in [2.05, 4.69) is 20.4 Å². The molecule has 4 atom stereocenters. The number of allylic oxidation sites excluding steroid dienone is 1. The van der Waals surface area contributed by atoms with Crippen LogP contribution in [-0.4, -0.2) is 35.5 Å². The fourth-order valence-electron chi connectivity index (χ4n) is 5.14. The molecule has 1 aliphatic rings. The van der Waals surface area contributed by atoms with Crippen molar-refractivity contribution in [3.8, 4) is 0 Å². The van der Waals surface area contributed by atoms with E-state index in [0.717, 1.165) is 64.2 Å². The van der Waals surface area contributed by atoms with Crippen LogP contribution in [0.1, 0.15) is 155 Å². The van der Waals surface area contributed by atoms with Gasteiger partial charge in [-0.05, 0) is 32.1 Å². The van der Waals surface area contributed by atoms with Gasteiger partial charge in [-0.3, -0.25) is 4.79 Å². The van der Waals surface area contributed by atoms with E-state index in [1.165, 1.54) is 64.2 Å². The lowest BCUT2D eigenvalue weighted by Crippen LogP contribution is -2.27. The Morgan fingerprint density at radius 1 is 0.886 bits per heavy atom. The van der Waals surface area contributed by atoms with Crippen LogP contribution >= 0.6 is 0 Å². The quantitative estimate of drug-likeness (QED) is 0.0827. The number of carbonyl (C=O) groups excluding carboxylic acids is 1. The molecule has 1 N–H and O–H groups in total. The monoisotopic (exact) mass is 494 g/mol. The Morgan fingerprint density at radius 3 is 2.11 bits per heavy atom. The lowest BCUT2D eigenvalue weighted by Gasteiger charge is -2.20. The number of aliphatic hydroxyl groups excluding tert-OH is 1. The van der Waals surface area contributed by atoms with E-state index in [-0.39, 0.29) is 24.3 Å². The van der Waals surface area contributed by atoms with E-state index < -0.39 is 6.10 Å². The normalized spacial score (nSPS) is 20.7. The standard InChI is InChI=1S/C31H58O4/c1-4-7-10-12-14-15-17-19-22-25-31(33)35-30-26-29(34-28(30)24-20-9-6-3)27(32)23-21-18-16-13-11-8-5-2/h5,27-30,32H,2,4,6-26H2,1,3H3. The van der Waals surface area contributed by atoms with Crippen LogP contribution in [0.15, 0.2) is 12.7 Å². The maximum atomic E-state index is 12.5. The summed E-state index contributed by atoms with van der Waals surface area (Å²) in [5, 5.41) is 10.7. The molecule has 0 aliphatic carbocycles. The van der Waals surface area contributed by atoms with Crippen LogP contribution in [0.3, 0.4) is 0 Å². The third kappa shape index (κ3) is 16.5. The molecule has 0 aromatic rings. The zero-order chi connectivity index (χ0) is 25.6. The number of carbonyl (C=O) groups is 1. The summed E-state index contributed by atoms with van der Waals surface area (Å²) in [5.74, 6) is -0.0864. The molecule has 35 heavy (non-hydrogen) atoms. The highest BCUT2D eigenvalue weighted by molar-refractivity contribution is 5.69. The van der Waals surface area contributed by atoms with E-state index in [9.17, 15) is 9.90 Å². The van der Waals surface area contributed by atoms with Crippen molar-refractivity contribution in [1.29, 1.82) is 0 Å². The van der Waals surface area contributed by atoms with Crippen LogP contribution in [0, 0.1) is 0 Å². The summed E-state index contributed by atoms with van der Waals surface area (Å²) >= 11 is 0. The molecule has 1 rings (SSSR count). The Bertz CT molecular complexity index is 506. The van der Waals surface area contributed by atoms with Crippen LogP contribution in [0.25, 0.3) is 0 Å². The van der Waals surface area contributed by atoms with Gasteiger partial charge in [-0.15, -0.1) is 6.58 Å². The third-order valence-electron chi connectivity index (χ3n) is 7.43. The van der Waals surface area contributed by atoms with Crippen molar-refractivity contribution < 1.29 is 19.4 Å². The number of ether oxygens (including phenoxy) is 2. The summed E-state index contributed by atoms with van der Waals surface area (Å²) in [6, 6.07) is 0. The number of unbranched alkanes of at least 4 members (excludes halogenated alkanes) is 15. The highest BCUT2D eigenvalue weighted by Gasteiger charge is 2.40. The molecule has 1 aliphatic heterocycles. The van der Waals surface area contributed by atoms with Crippen LogP contribution in [-0.2, 0) is 14.3 Å². The zero-order valence-electron chi connectivity index (χ0n) is 23.3. The second-order valence-electron chi connectivity index (χ2n) is 10.8. The summed E-state index contributed by atoms with van der Waals surface area (Å²) in [6.07, 6.45) is 25.4. The molecule has 0 bridgehead atoms. The molecule has 4 nitrogen and oxygen atoms in total. The van der Waals surface area contributed by atoms with Crippen molar-refractivity contribution in [3.05, 3.63) is 12.7 Å². The number of hydrogen-bond donors (Lipinski definition) is 1. The van der Waals surface area contributed by atoms with Crippen molar-refractivity contribution in [2.24, 2.45) is 0 Å². The fraction of sp³-hybridized carbons (Fsp3) is 0.903. The topological polar surface area (TPSA) is 55.8 Å². The number of hydrogen-bond acceptors (Lipinski definition) is 4. The lowest BCUT2D eigenvalue weighted by atomic mass is 10.00. The fourth-order valence-corrected chi connectivity index (χ4v) is 5.14. The Labute approximate surface area is 217 Å². The van der Waals surface area contributed by atoms with Crippen LogP contribution in [0.4, 0.5) is 0 Å². The predicted molar refractivity (Wildman–Crippen MR) is 148 cm³/mol. The van der Waals surface area contributed by atoms with Crippen molar-refractivity contribution in [2.45, 2.75) is 180 Å². The average molecular weight is 495 g/mol. The second kappa shape index (κ2) is 22.3. The van der Waals surface area contributed by atoms with Gasteiger partial charge in [0, 0.05) is 12.8 Å². The van der Waals surface area contributed by atoms with Gasteiger partial charge in [0.05, 0.1) is 18.3 Å². The molecule has 0 amide bonds. The molecule has 206 valence electrons. The zero-order valence-corrected chi connectivity index (χ0v) is 23.3. The first-order chi connectivity index (χ1) is 17.1. The van der Waals surface area contributed by atoms with Gasteiger partial charge in [0.2, 0.25) is 0 Å². The second-order valence-corrected chi connectivity index (χ2v) is 10.8. The van der Waals surface area contributed by atoms with Gasteiger partial charge in [-0.1, -0.05) is 116 Å². The largest absolute Gasteiger partial charge is 0.459 e. The summed E-state index contributed by atoms with van der Waals surface area (Å²) in [5.41, 5.74) is 0. The summed E-state index contributed by atoms with van der Waals surface area (Å²) in [6.45, 7) is 8.22. The van der Waals surface area contributed by atoms with E-state index in [1.807, 2.05) is 6.08 Å². The van der Waals surface area contributed by atoms with Crippen molar-refractivity contribution >= 4 is 5.97 Å². The minimum absolute atomic E-state index is 0.0628. The average Bonchev–Trinajstić information content (AvgIpc) is 3.25. The highest BCUT2D eigenvalue weighted by Crippen LogP contribution is 2.31. The van der Waals surface area contributed by atoms with Crippen molar-refractivity contribution in [3.63, 3.8) is 0 Å². The molecule has 1 saturated heterocycles. The minimum atomic E-state index is -0.460. The van der Waals surface area contributed by atoms with Crippen LogP contribution < -0.4 is 0 Å². The summed E-state index contributed by atoms with van der Waals surface area (Å²) < 4.78 is 12.2. The van der Waals surface area contributed by atoms with Gasteiger partial charge in [0.25, 0.3) is 0 Å². The summed E-state index contributed by atoms with van der Waals surface area (Å²) in [4.78, 5) is 12.5. The Hall–Kier alpha value is -0.870. The maximum absolute atomic E-state index is 12.5. The molecular weight excluding hydrogens is 436 g/mol. The van der Waals surface area contributed by atoms with Gasteiger partial charge in [-0.25, -0.2) is 0 Å². The molecule has 0 spiro atoms. The molecule has 0 aromatic heterocycles. The molecule has 1 heterocycles. The highest BCUT2D eigenvalue weighted by atomic mass is 16.6. The molecule has 4 heteroatoms. The van der Waals surface area contributed by atoms with Crippen LogP contribution in [0.5, 0.6) is 0 Å². The minimum Gasteiger partial charge on any atom is -0.459 e. The van der Waals surface area contributed by atoms with Gasteiger partial charge < -0.3 is 14.6 Å². The van der Waals surface area contributed by atoms with E-state index in [1.54, 1.807) is 0 Å². The lowest BCUT2D eigenvalue weighted by molar-refractivity contribution is -0.152.